The maximum Gasteiger partial charge on any atom is 0.308 e. The van der Waals surface area contributed by atoms with Crippen LogP contribution in [0.25, 0.3) is 0 Å². The highest BCUT2D eigenvalue weighted by Gasteiger charge is 2.56. The van der Waals surface area contributed by atoms with Crippen molar-refractivity contribution in [1.29, 1.82) is 0 Å². The van der Waals surface area contributed by atoms with Crippen LogP contribution in [0.3, 0.4) is 0 Å². The first-order valence-electron chi connectivity index (χ1n) is 12.0. The number of anilines is 1. The van der Waals surface area contributed by atoms with E-state index in [1.54, 1.807) is 17.0 Å². The van der Waals surface area contributed by atoms with Gasteiger partial charge in [-0.2, -0.15) is 0 Å². The van der Waals surface area contributed by atoms with Crippen LogP contribution in [0, 0.1) is 17.6 Å². The van der Waals surface area contributed by atoms with E-state index < -0.39 is 40.5 Å². The number of rotatable bonds is 4. The summed E-state index contributed by atoms with van der Waals surface area (Å²) in [5.41, 5.74) is 0.829. The number of thiazole rings is 1. The van der Waals surface area contributed by atoms with Crippen molar-refractivity contribution in [3.63, 3.8) is 0 Å². The van der Waals surface area contributed by atoms with Crippen molar-refractivity contribution < 1.29 is 27.9 Å². The smallest absolute Gasteiger partial charge is 0.308 e. The first kappa shape index (κ1) is 25.0. The van der Waals surface area contributed by atoms with E-state index in [-0.39, 0.29) is 23.0 Å². The lowest BCUT2D eigenvalue weighted by molar-refractivity contribution is -0.136. The van der Waals surface area contributed by atoms with E-state index in [0.29, 0.717) is 41.8 Å². The largest absolute Gasteiger partial charge is 0.378 e. The van der Waals surface area contributed by atoms with E-state index in [4.69, 9.17) is 4.74 Å². The Morgan fingerprint density at radius 2 is 1.55 bits per heavy atom. The Kier molecular flexibility index (Phi) is 6.40. The SMILES string of the molecule is O=C(Cn1c2c(sc1=O)C(c1ccc(F)cc1)C1C(=O)N(c3ccc(F)cc3)C(=O)C1S2)N1CCOCC1. The predicted octanol–water partition coefficient (Wildman–Crippen LogP) is 2.84. The number of fused-ring (bicyclic) bond motifs is 2. The van der Waals surface area contributed by atoms with Gasteiger partial charge < -0.3 is 9.64 Å². The van der Waals surface area contributed by atoms with Gasteiger partial charge in [-0.15, -0.1) is 0 Å². The van der Waals surface area contributed by atoms with Gasteiger partial charge in [0, 0.05) is 23.9 Å². The third-order valence-corrected chi connectivity index (χ3v) is 9.62. The number of carbonyl (C=O) groups is 3. The molecular formula is C26H21F2N3O5S2. The van der Waals surface area contributed by atoms with E-state index in [1.165, 1.54) is 41.0 Å². The molecule has 3 unspecified atom stereocenters. The van der Waals surface area contributed by atoms with Gasteiger partial charge in [-0.3, -0.25) is 23.7 Å². The summed E-state index contributed by atoms with van der Waals surface area (Å²) in [7, 11) is 0. The third-order valence-electron chi connectivity index (χ3n) is 7.02. The molecule has 3 aliphatic rings. The van der Waals surface area contributed by atoms with Crippen molar-refractivity contribution >= 4 is 46.5 Å². The standard InChI is InChI=1S/C26H21F2N3O5S2/c27-15-3-1-14(2-4-15)19-20-21(24(34)31(23(20)33)17-7-5-16(28)6-8-17)37-25-22(19)38-26(35)30(25)13-18(32)29-9-11-36-12-10-29/h1-8,19-21H,9-13H2. The summed E-state index contributed by atoms with van der Waals surface area (Å²) in [6.45, 7) is 1.49. The van der Waals surface area contributed by atoms with E-state index in [2.05, 4.69) is 0 Å². The zero-order chi connectivity index (χ0) is 26.6. The number of morpholine rings is 1. The molecule has 2 aromatic carbocycles. The summed E-state index contributed by atoms with van der Waals surface area (Å²) in [4.78, 5) is 56.4. The molecule has 0 N–H and O–H groups in total. The molecule has 3 aromatic rings. The highest BCUT2D eigenvalue weighted by molar-refractivity contribution is 8.00. The highest BCUT2D eigenvalue weighted by Crippen LogP contribution is 2.53. The second kappa shape index (κ2) is 9.75. The van der Waals surface area contributed by atoms with Gasteiger partial charge >= 0.3 is 4.87 Å². The van der Waals surface area contributed by atoms with Gasteiger partial charge in [0.1, 0.15) is 23.4 Å². The summed E-state index contributed by atoms with van der Waals surface area (Å²) < 4.78 is 34.0. The fourth-order valence-corrected chi connectivity index (χ4v) is 7.95. The summed E-state index contributed by atoms with van der Waals surface area (Å²) in [5, 5.41) is -0.423. The van der Waals surface area contributed by atoms with Gasteiger partial charge in [0.05, 0.1) is 29.8 Å². The molecule has 0 saturated carbocycles. The monoisotopic (exact) mass is 557 g/mol. The summed E-state index contributed by atoms with van der Waals surface area (Å²) in [6.07, 6.45) is 0. The van der Waals surface area contributed by atoms with E-state index in [0.717, 1.165) is 28.0 Å². The Morgan fingerprint density at radius 1 is 0.921 bits per heavy atom. The quantitative estimate of drug-likeness (QED) is 0.459. The molecule has 2 saturated heterocycles. The van der Waals surface area contributed by atoms with Crippen LogP contribution in [0.4, 0.5) is 14.5 Å². The van der Waals surface area contributed by atoms with Crippen molar-refractivity contribution in [3.8, 4) is 0 Å². The van der Waals surface area contributed by atoms with Crippen LogP contribution in [-0.4, -0.2) is 58.7 Å². The van der Waals surface area contributed by atoms with Gasteiger partial charge in [-0.05, 0) is 42.0 Å². The lowest BCUT2D eigenvalue weighted by atomic mass is 9.83. The molecule has 12 heteroatoms. The normalized spacial score (nSPS) is 22.9. The number of hydrogen-bond acceptors (Lipinski definition) is 7. The highest BCUT2D eigenvalue weighted by atomic mass is 32.2. The van der Waals surface area contributed by atoms with Crippen LogP contribution in [0.15, 0.2) is 58.4 Å². The number of aromatic nitrogens is 1. The van der Waals surface area contributed by atoms with Crippen LogP contribution in [-0.2, 0) is 25.7 Å². The number of halogens is 2. The summed E-state index contributed by atoms with van der Waals surface area (Å²) in [5.74, 6) is -3.72. The molecule has 0 bridgehead atoms. The third kappa shape index (κ3) is 4.16. The molecule has 3 atom stereocenters. The summed E-state index contributed by atoms with van der Waals surface area (Å²) in [6, 6.07) is 10.7. The average molecular weight is 558 g/mol. The molecule has 38 heavy (non-hydrogen) atoms. The lowest BCUT2D eigenvalue weighted by Gasteiger charge is -2.31. The zero-order valence-corrected chi connectivity index (χ0v) is 21.5. The molecule has 196 valence electrons. The van der Waals surface area contributed by atoms with Gasteiger partial charge in [-0.25, -0.2) is 13.7 Å². The molecule has 8 nitrogen and oxygen atoms in total. The minimum atomic E-state index is -0.881. The van der Waals surface area contributed by atoms with Gasteiger partial charge in [0.15, 0.2) is 0 Å². The second-order valence-corrected chi connectivity index (χ2v) is 11.3. The van der Waals surface area contributed by atoms with E-state index in [1.807, 2.05) is 0 Å². The zero-order valence-electron chi connectivity index (χ0n) is 19.8. The second-order valence-electron chi connectivity index (χ2n) is 9.20. The number of benzene rings is 2. The Labute approximate surface area is 223 Å². The number of amides is 3. The topological polar surface area (TPSA) is 88.9 Å². The van der Waals surface area contributed by atoms with Crippen molar-refractivity contribution in [1.82, 2.24) is 9.47 Å². The maximum absolute atomic E-state index is 13.8. The van der Waals surface area contributed by atoms with Crippen LogP contribution in [0.1, 0.15) is 16.4 Å². The molecule has 4 heterocycles. The van der Waals surface area contributed by atoms with Crippen LogP contribution in [0.5, 0.6) is 0 Å². The maximum atomic E-state index is 13.8. The predicted molar refractivity (Wildman–Crippen MR) is 136 cm³/mol. The van der Waals surface area contributed by atoms with Crippen LogP contribution < -0.4 is 9.77 Å². The number of hydrogen-bond donors (Lipinski definition) is 0. The van der Waals surface area contributed by atoms with Crippen LogP contribution in [0.2, 0.25) is 0 Å². The van der Waals surface area contributed by atoms with Crippen molar-refractivity contribution in [2.45, 2.75) is 22.7 Å². The molecule has 6 rings (SSSR count). The minimum Gasteiger partial charge on any atom is -0.378 e. The van der Waals surface area contributed by atoms with Gasteiger partial charge in [0.25, 0.3) is 0 Å². The Bertz CT molecular complexity index is 1480. The number of thioether (sulfide) groups is 1. The van der Waals surface area contributed by atoms with Crippen molar-refractivity contribution in [2.75, 3.05) is 31.2 Å². The number of imide groups is 1. The molecule has 2 fully saturated rings. The van der Waals surface area contributed by atoms with Gasteiger partial charge in [0.2, 0.25) is 17.7 Å². The molecule has 3 amide bonds. The lowest BCUT2D eigenvalue weighted by Crippen LogP contribution is -2.43. The van der Waals surface area contributed by atoms with E-state index in [9.17, 15) is 28.0 Å². The number of carbonyl (C=O) groups excluding carboxylic acids is 3. The van der Waals surface area contributed by atoms with E-state index >= 15 is 0 Å². The molecule has 0 aliphatic carbocycles. The van der Waals surface area contributed by atoms with Gasteiger partial charge in [-0.1, -0.05) is 35.2 Å². The Balaban J connectivity index is 1.43. The Hall–Kier alpha value is -3.35. The van der Waals surface area contributed by atoms with Crippen LogP contribution >= 0.6 is 23.1 Å². The number of ether oxygens (including phenoxy) is 1. The molecule has 0 spiro atoms. The first-order valence-corrected chi connectivity index (χ1v) is 13.7. The minimum absolute atomic E-state index is 0.199. The molecule has 0 radical (unpaired) electrons. The number of nitrogens with zero attached hydrogens (tertiary/aromatic N) is 3. The first-order chi connectivity index (χ1) is 18.3. The van der Waals surface area contributed by atoms with Crippen molar-refractivity contribution in [2.24, 2.45) is 5.92 Å². The molecular weight excluding hydrogens is 536 g/mol. The fourth-order valence-electron chi connectivity index (χ4n) is 5.18. The molecule has 3 aliphatic heterocycles. The molecule has 1 aromatic heterocycles. The summed E-state index contributed by atoms with van der Waals surface area (Å²) >= 11 is 2.03. The Morgan fingerprint density at radius 3 is 2.21 bits per heavy atom. The fraction of sp³-hybridized carbons (Fsp3) is 0.308. The average Bonchev–Trinajstić information content (AvgIpc) is 3.36. The van der Waals surface area contributed by atoms with Crippen molar-refractivity contribution in [3.05, 3.63) is 80.3 Å².